The van der Waals surface area contributed by atoms with Crippen LogP contribution in [0.25, 0.3) is 0 Å². The van der Waals surface area contributed by atoms with Crippen molar-refractivity contribution in [1.82, 2.24) is 0 Å². The Morgan fingerprint density at radius 1 is 1.62 bits per heavy atom. The molecule has 0 amide bonds. The Hall–Kier alpha value is -1.43. The molecule has 70 valence electrons. The van der Waals surface area contributed by atoms with Gasteiger partial charge in [-0.05, 0) is 12.1 Å². The summed E-state index contributed by atoms with van der Waals surface area (Å²) in [6.45, 7) is 0. The Labute approximate surface area is 79.7 Å². The number of nitrogens with two attached hydrogens (primary N) is 2. The van der Waals surface area contributed by atoms with Crippen LogP contribution in [-0.4, -0.2) is 11.1 Å². The van der Waals surface area contributed by atoms with Crippen molar-refractivity contribution in [3.05, 3.63) is 24.2 Å². The second-order valence-electron chi connectivity index (χ2n) is 2.21. The van der Waals surface area contributed by atoms with Gasteiger partial charge in [-0.15, -0.1) is 0 Å². The van der Waals surface area contributed by atoms with Crippen molar-refractivity contribution in [3.63, 3.8) is 0 Å². The predicted molar refractivity (Wildman–Crippen MR) is 53.5 cm³/mol. The maximum Gasteiger partial charge on any atom is 0.193 e. The van der Waals surface area contributed by atoms with Crippen LogP contribution in [-0.2, 0) is 5.75 Å². The summed E-state index contributed by atoms with van der Waals surface area (Å²) in [7, 11) is 0. The van der Waals surface area contributed by atoms with Crippen LogP contribution in [0.15, 0.2) is 27.8 Å². The van der Waals surface area contributed by atoms with Crippen LogP contribution in [0.2, 0.25) is 0 Å². The topological polar surface area (TPSA) is 101 Å². The van der Waals surface area contributed by atoms with E-state index in [0.717, 1.165) is 5.76 Å². The van der Waals surface area contributed by atoms with Gasteiger partial charge < -0.3 is 15.9 Å². The van der Waals surface area contributed by atoms with Gasteiger partial charge in [-0.25, -0.2) is 0 Å². The van der Waals surface area contributed by atoms with E-state index in [9.17, 15) is 0 Å². The van der Waals surface area contributed by atoms with E-state index in [4.69, 9.17) is 21.3 Å². The van der Waals surface area contributed by atoms with Gasteiger partial charge in [-0.2, -0.15) is 4.99 Å². The molecule has 5 nitrogen and oxygen atoms in total. The monoisotopic (exact) mass is 198 g/mol. The van der Waals surface area contributed by atoms with Crippen LogP contribution in [0, 0.1) is 5.41 Å². The minimum absolute atomic E-state index is 0.0800. The van der Waals surface area contributed by atoms with Crippen LogP contribution in [0.5, 0.6) is 0 Å². The normalized spacial score (nSPS) is 9.54. The van der Waals surface area contributed by atoms with Gasteiger partial charge in [0.15, 0.2) is 11.1 Å². The number of thioether (sulfide) groups is 1. The molecule has 1 heterocycles. The van der Waals surface area contributed by atoms with Gasteiger partial charge in [0, 0.05) is 0 Å². The van der Waals surface area contributed by atoms with Crippen LogP contribution in [0.3, 0.4) is 0 Å². The Balaban J connectivity index is 2.35. The second-order valence-corrected chi connectivity index (χ2v) is 3.17. The molecule has 5 N–H and O–H groups in total. The van der Waals surface area contributed by atoms with Crippen LogP contribution in [0.4, 0.5) is 0 Å². The Morgan fingerprint density at radius 3 is 2.92 bits per heavy atom. The lowest BCUT2D eigenvalue weighted by atomic mass is 10.5. The Kier molecular flexibility index (Phi) is 3.39. The van der Waals surface area contributed by atoms with E-state index in [-0.39, 0.29) is 11.1 Å². The number of hydrogen-bond donors (Lipinski definition) is 3. The lowest BCUT2D eigenvalue weighted by Crippen LogP contribution is -2.23. The lowest BCUT2D eigenvalue weighted by Gasteiger charge is -1.95. The third kappa shape index (κ3) is 3.66. The molecular formula is C7H10N4OS. The van der Waals surface area contributed by atoms with E-state index in [1.807, 2.05) is 6.07 Å². The van der Waals surface area contributed by atoms with Crippen molar-refractivity contribution in [3.8, 4) is 0 Å². The molecule has 0 radical (unpaired) electrons. The molecule has 0 unspecified atom stereocenters. The molecule has 1 rings (SSSR count). The predicted octanol–water partition coefficient (Wildman–Crippen LogP) is 0.721. The first-order valence-corrected chi connectivity index (χ1v) is 4.50. The van der Waals surface area contributed by atoms with E-state index in [0.29, 0.717) is 5.75 Å². The summed E-state index contributed by atoms with van der Waals surface area (Å²) in [5, 5.41) is 7.38. The molecule has 0 aliphatic rings. The average Bonchev–Trinajstić information content (AvgIpc) is 2.51. The molecule has 0 fully saturated rings. The minimum Gasteiger partial charge on any atom is -0.468 e. The molecular weight excluding hydrogens is 188 g/mol. The van der Waals surface area contributed by atoms with Crippen LogP contribution in [0.1, 0.15) is 5.76 Å². The summed E-state index contributed by atoms with van der Waals surface area (Å²) in [6, 6.07) is 3.62. The van der Waals surface area contributed by atoms with Crippen molar-refractivity contribution >= 4 is 22.9 Å². The molecule has 0 aliphatic carbocycles. The largest absolute Gasteiger partial charge is 0.468 e. The number of nitrogens with one attached hydrogen (secondary N) is 1. The van der Waals surface area contributed by atoms with E-state index >= 15 is 0 Å². The number of furan rings is 1. The molecule has 6 heteroatoms. The fraction of sp³-hybridized carbons (Fsp3) is 0.143. The van der Waals surface area contributed by atoms with Gasteiger partial charge in [0.1, 0.15) is 5.76 Å². The standard InChI is InChI=1S/C7H10N4OS/c8-6(9)11-7(10)13-4-5-2-1-3-12-5/h1-3H,4H2,(H5,8,9,10,11). The van der Waals surface area contributed by atoms with Crippen molar-refractivity contribution in [2.75, 3.05) is 0 Å². The maximum atomic E-state index is 7.30. The van der Waals surface area contributed by atoms with Crippen molar-refractivity contribution in [2.24, 2.45) is 16.5 Å². The van der Waals surface area contributed by atoms with Crippen molar-refractivity contribution < 1.29 is 4.42 Å². The Bertz CT molecular complexity index is 302. The van der Waals surface area contributed by atoms with Gasteiger partial charge in [-0.3, -0.25) is 5.41 Å². The van der Waals surface area contributed by atoms with Crippen LogP contribution >= 0.6 is 11.8 Å². The maximum absolute atomic E-state index is 7.30. The number of nitrogens with zero attached hydrogens (tertiary/aromatic N) is 1. The summed E-state index contributed by atoms with van der Waals surface area (Å²) in [5.74, 6) is 1.25. The summed E-state index contributed by atoms with van der Waals surface area (Å²) < 4.78 is 5.06. The molecule has 0 saturated carbocycles. The summed E-state index contributed by atoms with van der Waals surface area (Å²) in [5.41, 5.74) is 10.2. The molecule has 0 aliphatic heterocycles. The van der Waals surface area contributed by atoms with Gasteiger partial charge in [-0.1, -0.05) is 11.8 Å². The van der Waals surface area contributed by atoms with E-state index in [2.05, 4.69) is 4.99 Å². The molecule has 0 atom stereocenters. The second kappa shape index (κ2) is 4.56. The molecule has 0 bridgehead atoms. The quantitative estimate of drug-likeness (QED) is 0.481. The third-order valence-electron chi connectivity index (χ3n) is 1.16. The first-order valence-electron chi connectivity index (χ1n) is 3.52. The number of amidine groups is 1. The lowest BCUT2D eigenvalue weighted by molar-refractivity contribution is 0.530. The minimum atomic E-state index is -0.100. The van der Waals surface area contributed by atoms with E-state index < -0.39 is 0 Å². The third-order valence-corrected chi connectivity index (χ3v) is 1.96. The molecule has 1 aromatic rings. The highest BCUT2D eigenvalue weighted by molar-refractivity contribution is 8.13. The first-order chi connectivity index (χ1) is 6.18. The average molecular weight is 198 g/mol. The fourth-order valence-electron chi connectivity index (χ4n) is 0.684. The molecule has 0 saturated heterocycles. The van der Waals surface area contributed by atoms with Crippen molar-refractivity contribution in [2.45, 2.75) is 5.75 Å². The summed E-state index contributed by atoms with van der Waals surface area (Å²) >= 11 is 1.20. The molecule has 0 spiro atoms. The molecule has 13 heavy (non-hydrogen) atoms. The van der Waals surface area contributed by atoms with Gasteiger partial charge in [0.25, 0.3) is 0 Å². The smallest absolute Gasteiger partial charge is 0.193 e. The van der Waals surface area contributed by atoms with Crippen LogP contribution < -0.4 is 11.5 Å². The van der Waals surface area contributed by atoms with Gasteiger partial charge in [0.2, 0.25) is 0 Å². The highest BCUT2D eigenvalue weighted by Crippen LogP contribution is 2.13. The summed E-state index contributed by atoms with van der Waals surface area (Å²) in [4.78, 5) is 3.55. The van der Waals surface area contributed by atoms with Gasteiger partial charge >= 0.3 is 0 Å². The molecule has 1 aromatic heterocycles. The fourth-order valence-corrected chi connectivity index (χ4v) is 1.30. The zero-order valence-corrected chi connectivity index (χ0v) is 7.67. The highest BCUT2D eigenvalue weighted by Gasteiger charge is 1.99. The van der Waals surface area contributed by atoms with Crippen molar-refractivity contribution in [1.29, 1.82) is 5.41 Å². The first kappa shape index (κ1) is 9.66. The zero-order chi connectivity index (χ0) is 9.68. The Morgan fingerprint density at radius 2 is 2.38 bits per heavy atom. The zero-order valence-electron chi connectivity index (χ0n) is 6.86. The number of aliphatic imine (C=N–C) groups is 1. The highest BCUT2D eigenvalue weighted by atomic mass is 32.2. The van der Waals surface area contributed by atoms with Gasteiger partial charge in [0.05, 0.1) is 12.0 Å². The van der Waals surface area contributed by atoms with E-state index in [1.165, 1.54) is 11.8 Å². The van der Waals surface area contributed by atoms with E-state index in [1.54, 1.807) is 12.3 Å². The number of rotatable bonds is 2. The SMILES string of the molecule is N=C(N=C(N)N)SCc1ccco1. The number of guanidine groups is 1. The number of hydrogen-bond acceptors (Lipinski definition) is 3. The molecule has 0 aromatic carbocycles. The summed E-state index contributed by atoms with van der Waals surface area (Å²) in [6.07, 6.45) is 1.58.